The number of fused-ring (bicyclic) bond motifs is 4. The van der Waals surface area contributed by atoms with Crippen LogP contribution < -0.4 is 5.32 Å². The van der Waals surface area contributed by atoms with Crippen molar-refractivity contribution in [3.8, 4) is 0 Å². The third kappa shape index (κ3) is 2.87. The van der Waals surface area contributed by atoms with Crippen molar-refractivity contribution in [3.05, 3.63) is 101 Å². The van der Waals surface area contributed by atoms with Gasteiger partial charge in [0.2, 0.25) is 5.91 Å². The summed E-state index contributed by atoms with van der Waals surface area (Å²) in [4.78, 5) is 28.3. The summed E-state index contributed by atoms with van der Waals surface area (Å²) in [7, 11) is 0. The van der Waals surface area contributed by atoms with Crippen molar-refractivity contribution in [1.82, 2.24) is 4.90 Å². The molecule has 30 heavy (non-hydrogen) atoms. The Hall–Kier alpha value is -3.54. The molecule has 2 atom stereocenters. The van der Waals surface area contributed by atoms with Gasteiger partial charge in [-0.25, -0.2) is 8.78 Å². The summed E-state index contributed by atoms with van der Waals surface area (Å²) < 4.78 is 27.5. The van der Waals surface area contributed by atoms with Gasteiger partial charge < -0.3 is 10.2 Å². The number of hydrogen-bond donors (Lipinski definition) is 1. The first-order valence-corrected chi connectivity index (χ1v) is 9.78. The molecule has 0 aromatic heterocycles. The van der Waals surface area contributed by atoms with E-state index in [1.807, 2.05) is 24.3 Å². The fourth-order valence-electron chi connectivity index (χ4n) is 4.56. The van der Waals surface area contributed by atoms with E-state index in [1.54, 1.807) is 29.2 Å². The van der Waals surface area contributed by atoms with E-state index in [2.05, 4.69) is 5.32 Å². The molecule has 0 bridgehead atoms. The monoisotopic (exact) mass is 404 g/mol. The number of hydrogen-bond acceptors (Lipinski definition) is 2. The van der Waals surface area contributed by atoms with Crippen LogP contribution in [0, 0.1) is 11.6 Å². The zero-order valence-electron chi connectivity index (χ0n) is 15.9. The lowest BCUT2D eigenvalue weighted by Gasteiger charge is -2.45. The van der Waals surface area contributed by atoms with Gasteiger partial charge in [-0.2, -0.15) is 0 Å². The number of nitrogens with one attached hydrogen (secondary N) is 1. The number of nitrogens with zero attached hydrogens (tertiary/aromatic N) is 1. The molecule has 3 aromatic rings. The van der Waals surface area contributed by atoms with Gasteiger partial charge in [0.15, 0.2) is 0 Å². The molecule has 0 spiro atoms. The van der Waals surface area contributed by atoms with Gasteiger partial charge in [-0.3, -0.25) is 9.59 Å². The van der Waals surface area contributed by atoms with Crippen molar-refractivity contribution >= 4 is 17.5 Å². The largest absolute Gasteiger partial charge is 0.330 e. The molecule has 0 fully saturated rings. The van der Waals surface area contributed by atoms with Crippen LogP contribution in [0.2, 0.25) is 0 Å². The van der Waals surface area contributed by atoms with Crippen LogP contribution in [0.3, 0.4) is 0 Å². The Morgan fingerprint density at radius 1 is 0.967 bits per heavy atom. The molecule has 1 N–H and O–H groups in total. The Balaban J connectivity index is 1.63. The van der Waals surface area contributed by atoms with Crippen LogP contribution in [-0.4, -0.2) is 23.3 Å². The molecule has 150 valence electrons. The molecule has 2 aliphatic heterocycles. The van der Waals surface area contributed by atoms with Crippen LogP contribution in [0.4, 0.5) is 14.5 Å². The maximum Gasteiger partial charge on any atom is 0.254 e. The highest BCUT2D eigenvalue weighted by Gasteiger charge is 2.46. The second-order valence-electron chi connectivity index (χ2n) is 7.57. The topological polar surface area (TPSA) is 49.4 Å². The molecule has 3 aromatic carbocycles. The zero-order chi connectivity index (χ0) is 20.8. The number of carbonyl (C=O) groups excluding carboxylic acids is 2. The number of rotatable bonds is 2. The molecule has 4 nitrogen and oxygen atoms in total. The normalized spacial score (nSPS) is 19.5. The summed E-state index contributed by atoms with van der Waals surface area (Å²) in [6.07, 6.45) is 0.710. The summed E-state index contributed by atoms with van der Waals surface area (Å²) in [5.74, 6) is -2.82. The summed E-state index contributed by atoms with van der Waals surface area (Å²) in [6, 6.07) is 17.4. The summed E-state index contributed by atoms with van der Waals surface area (Å²) in [5, 5.41) is 2.61. The molecular weight excluding hydrogens is 386 g/mol. The van der Waals surface area contributed by atoms with Crippen LogP contribution in [0.25, 0.3) is 0 Å². The predicted octanol–water partition coefficient (Wildman–Crippen LogP) is 4.44. The van der Waals surface area contributed by atoms with E-state index in [-0.39, 0.29) is 11.6 Å². The van der Waals surface area contributed by atoms with Gasteiger partial charge in [0, 0.05) is 18.2 Å². The first-order chi connectivity index (χ1) is 14.5. The molecule has 2 heterocycles. The lowest BCUT2D eigenvalue weighted by Crippen LogP contribution is -2.49. The fraction of sp³-hybridized carbons (Fsp3) is 0.167. The maximum absolute atomic E-state index is 14.2. The Labute approximate surface area is 172 Å². The van der Waals surface area contributed by atoms with Gasteiger partial charge in [0.1, 0.15) is 11.6 Å². The molecule has 6 heteroatoms. The maximum atomic E-state index is 14.2. The van der Waals surface area contributed by atoms with E-state index in [9.17, 15) is 18.4 Å². The zero-order valence-corrected chi connectivity index (χ0v) is 15.9. The van der Waals surface area contributed by atoms with Crippen molar-refractivity contribution in [3.63, 3.8) is 0 Å². The van der Waals surface area contributed by atoms with Gasteiger partial charge >= 0.3 is 0 Å². The third-order valence-corrected chi connectivity index (χ3v) is 5.91. The second kappa shape index (κ2) is 7.06. The molecular formula is C24H18F2N2O2. The van der Waals surface area contributed by atoms with Crippen molar-refractivity contribution in [1.29, 1.82) is 0 Å². The van der Waals surface area contributed by atoms with Gasteiger partial charge in [0.05, 0.1) is 17.6 Å². The molecule has 5 rings (SSSR count). The standard InChI is InChI=1S/C24H18F2N2O2/c25-15-9-10-20(19(26)13-15)27-23(29)21-17-7-3-4-8-18(17)24(30)28-12-11-14-5-1-2-6-16(14)22(21)28/h1-10,13,21-22H,11-12H2,(H,27,29)/t21-,22-/m1/s1. The van der Waals surface area contributed by atoms with E-state index in [1.165, 1.54) is 6.07 Å². The molecule has 2 aliphatic rings. The average Bonchev–Trinajstić information content (AvgIpc) is 2.76. The Bertz CT molecular complexity index is 1180. The van der Waals surface area contributed by atoms with E-state index in [0.29, 0.717) is 24.1 Å². The van der Waals surface area contributed by atoms with Gasteiger partial charge in [-0.05, 0) is 41.3 Å². The molecule has 0 saturated heterocycles. The molecule has 0 unspecified atom stereocenters. The minimum absolute atomic E-state index is 0.0913. The number of carbonyl (C=O) groups is 2. The van der Waals surface area contributed by atoms with Crippen LogP contribution in [-0.2, 0) is 11.2 Å². The average molecular weight is 404 g/mol. The minimum atomic E-state index is -0.843. The first-order valence-electron chi connectivity index (χ1n) is 9.78. The Morgan fingerprint density at radius 2 is 1.70 bits per heavy atom. The number of benzene rings is 3. The van der Waals surface area contributed by atoms with Crippen LogP contribution in [0.15, 0.2) is 66.7 Å². The molecule has 0 saturated carbocycles. The predicted molar refractivity (Wildman–Crippen MR) is 108 cm³/mol. The summed E-state index contributed by atoms with van der Waals surface area (Å²) in [6.45, 7) is 0.504. The van der Waals surface area contributed by atoms with Crippen molar-refractivity contribution < 1.29 is 18.4 Å². The van der Waals surface area contributed by atoms with Gasteiger partial charge in [0.25, 0.3) is 5.91 Å². The highest BCUT2D eigenvalue weighted by molar-refractivity contribution is 6.04. The molecule has 0 radical (unpaired) electrons. The van der Waals surface area contributed by atoms with Crippen molar-refractivity contribution in [2.75, 3.05) is 11.9 Å². The van der Waals surface area contributed by atoms with Gasteiger partial charge in [-0.1, -0.05) is 42.5 Å². The lowest BCUT2D eigenvalue weighted by atomic mass is 9.76. The van der Waals surface area contributed by atoms with E-state index >= 15 is 0 Å². The molecule has 2 amide bonds. The van der Waals surface area contributed by atoms with Crippen molar-refractivity contribution in [2.24, 2.45) is 0 Å². The first kappa shape index (κ1) is 18.5. The SMILES string of the molecule is O=C(Nc1ccc(F)cc1F)[C@@H]1c2ccccc2C(=O)N2CCc3ccccc3[C@H]12. The van der Waals surface area contributed by atoms with Crippen LogP contribution in [0.5, 0.6) is 0 Å². The summed E-state index contributed by atoms with van der Waals surface area (Å²) >= 11 is 0. The summed E-state index contributed by atoms with van der Waals surface area (Å²) in [5.41, 5.74) is 3.02. The Morgan fingerprint density at radius 3 is 2.50 bits per heavy atom. The van der Waals surface area contributed by atoms with Gasteiger partial charge in [-0.15, -0.1) is 0 Å². The van der Waals surface area contributed by atoms with Crippen molar-refractivity contribution in [2.45, 2.75) is 18.4 Å². The fourth-order valence-corrected chi connectivity index (χ4v) is 4.56. The highest BCUT2D eigenvalue weighted by atomic mass is 19.1. The van der Waals surface area contributed by atoms with E-state index in [4.69, 9.17) is 0 Å². The highest BCUT2D eigenvalue weighted by Crippen LogP contribution is 2.46. The van der Waals surface area contributed by atoms with Crippen LogP contribution in [0.1, 0.15) is 39.0 Å². The minimum Gasteiger partial charge on any atom is -0.330 e. The number of amides is 2. The Kier molecular flexibility index (Phi) is 4.35. The third-order valence-electron chi connectivity index (χ3n) is 5.91. The molecule has 0 aliphatic carbocycles. The smallest absolute Gasteiger partial charge is 0.254 e. The lowest BCUT2D eigenvalue weighted by molar-refractivity contribution is -0.119. The van der Waals surface area contributed by atoms with E-state index in [0.717, 1.165) is 23.3 Å². The van der Waals surface area contributed by atoms with E-state index < -0.39 is 29.5 Å². The quantitative estimate of drug-likeness (QED) is 0.687. The number of halogens is 2. The van der Waals surface area contributed by atoms with Crippen LogP contribution >= 0.6 is 0 Å². The number of anilines is 1. The second-order valence-corrected chi connectivity index (χ2v) is 7.57.